The monoisotopic (exact) mass is 264 g/mol. The van der Waals surface area contributed by atoms with Crippen molar-refractivity contribution in [3.8, 4) is 0 Å². The van der Waals surface area contributed by atoms with Gasteiger partial charge in [0.2, 0.25) is 0 Å². The molecule has 7 heteroatoms. The highest BCUT2D eigenvalue weighted by Crippen LogP contribution is 2.01. The van der Waals surface area contributed by atoms with Crippen molar-refractivity contribution in [1.82, 2.24) is 10.6 Å². The molecule has 100 valence electrons. The summed E-state index contributed by atoms with van der Waals surface area (Å²) >= 11 is 0. The van der Waals surface area contributed by atoms with Gasteiger partial charge in [-0.1, -0.05) is 0 Å². The van der Waals surface area contributed by atoms with Gasteiger partial charge in [0, 0.05) is 28.9 Å². The van der Waals surface area contributed by atoms with Gasteiger partial charge in [0.25, 0.3) is 0 Å². The minimum Gasteiger partial charge on any atom is -0.480 e. The lowest BCUT2D eigenvalue weighted by atomic mass is 10.1. The SMILES string of the molecule is CC(CCS(C)=O)NC(=O)NC(C)(C)C(=O)O. The van der Waals surface area contributed by atoms with Crippen LogP contribution < -0.4 is 10.6 Å². The van der Waals surface area contributed by atoms with Crippen LogP contribution >= 0.6 is 0 Å². The maximum atomic E-state index is 11.5. The van der Waals surface area contributed by atoms with Gasteiger partial charge in [-0.15, -0.1) is 0 Å². The number of carbonyl (C=O) groups is 2. The number of carbonyl (C=O) groups excluding carboxylic acids is 1. The molecule has 0 spiro atoms. The number of carboxylic acid groups (broad SMARTS) is 1. The van der Waals surface area contributed by atoms with Crippen molar-refractivity contribution in [3.63, 3.8) is 0 Å². The Kier molecular flexibility index (Phi) is 6.15. The molecule has 0 aliphatic rings. The fraction of sp³-hybridized carbons (Fsp3) is 0.800. The molecule has 0 aromatic rings. The summed E-state index contributed by atoms with van der Waals surface area (Å²) in [5.41, 5.74) is -1.31. The van der Waals surface area contributed by atoms with Crippen LogP contribution in [0.2, 0.25) is 0 Å². The molecule has 0 aromatic heterocycles. The smallest absolute Gasteiger partial charge is 0.328 e. The van der Waals surface area contributed by atoms with Crippen molar-refractivity contribution < 1.29 is 18.9 Å². The molecule has 17 heavy (non-hydrogen) atoms. The zero-order valence-corrected chi connectivity index (χ0v) is 11.4. The molecular formula is C10H20N2O4S. The highest BCUT2D eigenvalue weighted by Gasteiger charge is 2.29. The summed E-state index contributed by atoms with van der Waals surface area (Å²) in [6.07, 6.45) is 2.18. The molecular weight excluding hydrogens is 244 g/mol. The van der Waals surface area contributed by atoms with Crippen LogP contribution in [0.3, 0.4) is 0 Å². The molecule has 0 saturated carbocycles. The van der Waals surface area contributed by atoms with Gasteiger partial charge in [0.15, 0.2) is 0 Å². The molecule has 0 saturated heterocycles. The standard InChI is InChI=1S/C10H20N2O4S/c1-7(5-6-17(4)16)11-9(15)12-10(2,3)8(13)14/h7H,5-6H2,1-4H3,(H,13,14)(H2,11,12,15). The van der Waals surface area contributed by atoms with Crippen LogP contribution in [-0.2, 0) is 15.6 Å². The van der Waals surface area contributed by atoms with E-state index in [0.717, 1.165) is 0 Å². The predicted molar refractivity (Wildman–Crippen MR) is 66.4 cm³/mol. The first kappa shape index (κ1) is 15.9. The van der Waals surface area contributed by atoms with E-state index >= 15 is 0 Å². The van der Waals surface area contributed by atoms with Gasteiger partial charge in [-0.05, 0) is 27.2 Å². The van der Waals surface area contributed by atoms with Crippen molar-refractivity contribution in [2.24, 2.45) is 0 Å². The molecule has 0 heterocycles. The molecule has 0 aliphatic carbocycles. The number of hydrogen-bond donors (Lipinski definition) is 3. The predicted octanol–water partition coefficient (Wildman–Crippen LogP) is 0.306. The third-order valence-electron chi connectivity index (χ3n) is 2.18. The van der Waals surface area contributed by atoms with E-state index in [4.69, 9.17) is 5.11 Å². The summed E-state index contributed by atoms with van der Waals surface area (Å²) in [6, 6.07) is -0.685. The molecule has 3 N–H and O–H groups in total. The summed E-state index contributed by atoms with van der Waals surface area (Å²) < 4.78 is 10.9. The highest BCUT2D eigenvalue weighted by atomic mass is 32.2. The summed E-state index contributed by atoms with van der Waals surface area (Å²) in [5.74, 6) is -0.598. The lowest BCUT2D eigenvalue weighted by Gasteiger charge is -2.23. The van der Waals surface area contributed by atoms with Crippen molar-refractivity contribution >= 4 is 22.8 Å². The topological polar surface area (TPSA) is 95.5 Å². The van der Waals surface area contributed by atoms with E-state index in [2.05, 4.69) is 10.6 Å². The quantitative estimate of drug-likeness (QED) is 0.643. The normalized spacial score (nSPS) is 14.8. The van der Waals surface area contributed by atoms with Crippen LogP contribution in [0.4, 0.5) is 4.79 Å². The minimum absolute atomic E-state index is 0.150. The Labute approximate surface area is 104 Å². The second-order valence-electron chi connectivity index (χ2n) is 4.50. The Bertz CT molecular complexity index is 317. The van der Waals surface area contributed by atoms with Gasteiger partial charge in [0.1, 0.15) is 5.54 Å². The summed E-state index contributed by atoms with van der Waals surface area (Å²) in [4.78, 5) is 22.2. The molecule has 6 nitrogen and oxygen atoms in total. The van der Waals surface area contributed by atoms with E-state index in [1.54, 1.807) is 13.2 Å². The Morgan fingerprint density at radius 3 is 2.35 bits per heavy atom. The molecule has 0 radical (unpaired) electrons. The summed E-state index contributed by atoms with van der Waals surface area (Å²) in [7, 11) is -0.893. The fourth-order valence-corrected chi connectivity index (χ4v) is 1.70. The van der Waals surface area contributed by atoms with Crippen LogP contribution in [0.15, 0.2) is 0 Å². The van der Waals surface area contributed by atoms with E-state index < -0.39 is 28.3 Å². The van der Waals surface area contributed by atoms with Crippen molar-refractivity contribution in [3.05, 3.63) is 0 Å². The van der Waals surface area contributed by atoms with Crippen molar-refractivity contribution in [1.29, 1.82) is 0 Å². The largest absolute Gasteiger partial charge is 0.480 e. The number of aliphatic carboxylic acids is 1. The Morgan fingerprint density at radius 2 is 1.94 bits per heavy atom. The van der Waals surface area contributed by atoms with Gasteiger partial charge in [-0.2, -0.15) is 0 Å². The van der Waals surface area contributed by atoms with E-state index in [-0.39, 0.29) is 6.04 Å². The van der Waals surface area contributed by atoms with Gasteiger partial charge in [-0.25, -0.2) is 9.59 Å². The third-order valence-corrected chi connectivity index (χ3v) is 2.99. The van der Waals surface area contributed by atoms with Gasteiger partial charge >= 0.3 is 12.0 Å². The molecule has 0 fully saturated rings. The first-order chi connectivity index (χ1) is 7.65. The van der Waals surface area contributed by atoms with Gasteiger partial charge < -0.3 is 15.7 Å². The number of hydrogen-bond acceptors (Lipinski definition) is 3. The molecule has 0 aromatic carbocycles. The average molecular weight is 264 g/mol. The average Bonchev–Trinajstić information content (AvgIpc) is 2.13. The highest BCUT2D eigenvalue weighted by molar-refractivity contribution is 7.84. The maximum absolute atomic E-state index is 11.5. The van der Waals surface area contributed by atoms with Gasteiger partial charge in [-0.3, -0.25) is 4.21 Å². The third kappa shape index (κ3) is 6.93. The fourth-order valence-electron chi connectivity index (χ4n) is 1.01. The second kappa shape index (κ2) is 6.58. The molecule has 0 bridgehead atoms. The zero-order valence-electron chi connectivity index (χ0n) is 10.6. The van der Waals surface area contributed by atoms with Crippen LogP contribution in [-0.4, -0.2) is 44.9 Å². The first-order valence-electron chi connectivity index (χ1n) is 5.27. The summed E-state index contributed by atoms with van der Waals surface area (Å²) in [5, 5.41) is 13.8. The lowest BCUT2D eigenvalue weighted by Crippen LogP contribution is -2.54. The van der Waals surface area contributed by atoms with Crippen LogP contribution in [0.5, 0.6) is 0 Å². The molecule has 2 atom stereocenters. The van der Waals surface area contributed by atoms with E-state index in [0.29, 0.717) is 12.2 Å². The Hall–Kier alpha value is -1.11. The van der Waals surface area contributed by atoms with Crippen LogP contribution in [0.1, 0.15) is 27.2 Å². The van der Waals surface area contributed by atoms with E-state index in [1.807, 2.05) is 0 Å². The molecule has 2 unspecified atom stereocenters. The number of carboxylic acids is 1. The van der Waals surface area contributed by atoms with Crippen LogP contribution in [0, 0.1) is 0 Å². The summed E-state index contributed by atoms with van der Waals surface area (Å²) in [6.45, 7) is 4.58. The number of nitrogens with one attached hydrogen (secondary N) is 2. The molecule has 0 aliphatic heterocycles. The van der Waals surface area contributed by atoms with E-state index in [1.165, 1.54) is 13.8 Å². The van der Waals surface area contributed by atoms with Crippen molar-refractivity contribution in [2.75, 3.05) is 12.0 Å². The molecule has 2 amide bonds. The zero-order chi connectivity index (χ0) is 13.6. The van der Waals surface area contributed by atoms with E-state index in [9.17, 15) is 13.8 Å². The first-order valence-corrected chi connectivity index (χ1v) is 7.00. The minimum atomic E-state index is -1.31. The molecule has 0 rings (SSSR count). The number of amides is 2. The van der Waals surface area contributed by atoms with Crippen LogP contribution in [0.25, 0.3) is 0 Å². The van der Waals surface area contributed by atoms with Gasteiger partial charge in [0.05, 0.1) is 0 Å². The second-order valence-corrected chi connectivity index (χ2v) is 6.05. The van der Waals surface area contributed by atoms with Crippen molar-refractivity contribution in [2.45, 2.75) is 38.8 Å². The maximum Gasteiger partial charge on any atom is 0.328 e. The Balaban J connectivity index is 4.10. The Morgan fingerprint density at radius 1 is 1.41 bits per heavy atom. The lowest BCUT2D eigenvalue weighted by molar-refractivity contribution is -0.142. The number of rotatable bonds is 6. The number of urea groups is 1.